The van der Waals surface area contributed by atoms with E-state index in [1.165, 1.54) is 42.7 Å². The van der Waals surface area contributed by atoms with Crippen LogP contribution in [0.4, 0.5) is 0 Å². The second-order valence-corrected chi connectivity index (χ2v) is 10.7. The summed E-state index contributed by atoms with van der Waals surface area (Å²) in [4.78, 5) is 2.14. The third-order valence-corrected chi connectivity index (χ3v) is 7.59. The molecule has 19 heavy (non-hydrogen) atoms. The van der Waals surface area contributed by atoms with Crippen LogP contribution in [0.2, 0.25) is 0 Å². The van der Waals surface area contributed by atoms with Gasteiger partial charge >= 0.3 is 59.6 Å². The Bertz CT molecular complexity index is 318. The summed E-state index contributed by atoms with van der Waals surface area (Å²) in [5.74, 6) is 1.09. The van der Waals surface area contributed by atoms with Gasteiger partial charge in [0.1, 0.15) is 0 Å². The summed E-state index contributed by atoms with van der Waals surface area (Å²) >= 11 is 7.17. The maximum Gasteiger partial charge on any atom is 0.0408 e. The van der Waals surface area contributed by atoms with E-state index in [4.69, 9.17) is 0 Å². The number of hydrogen-bond acceptors (Lipinski definition) is 4. The molecule has 2 bridgehead atoms. The van der Waals surface area contributed by atoms with Crippen molar-refractivity contribution in [3.63, 3.8) is 0 Å². The third kappa shape index (κ3) is 4.42. The van der Waals surface area contributed by atoms with E-state index in [9.17, 15) is 0 Å². The first kappa shape index (κ1) is 17.2. The number of fused-ring (bicyclic) bond motifs is 3. The fourth-order valence-corrected chi connectivity index (χ4v) is 5.16. The average Bonchev–Trinajstić information content (AvgIpc) is 2.69. The smallest absolute Gasteiger partial charge is 0.0408 e. The molecule has 7 heteroatoms. The fraction of sp³-hybridized carbons (Fsp3) is 0.917. The average molecular weight is 671 g/mol. The quantitative estimate of drug-likeness (QED) is 0.342. The molecule has 0 atom stereocenters. The first-order valence-corrected chi connectivity index (χ1v) is 9.80. The Morgan fingerprint density at radius 3 is 1.95 bits per heavy atom. The molecule has 0 amide bonds. The van der Waals surface area contributed by atoms with E-state index >= 15 is 0 Å². The van der Waals surface area contributed by atoms with Crippen LogP contribution in [-0.2, 0) is 19.4 Å². The van der Waals surface area contributed by atoms with Gasteiger partial charge in [0.25, 0.3) is 0 Å². The molecule has 0 aromatic carbocycles. The number of rotatable bonds is 1. The van der Waals surface area contributed by atoms with Gasteiger partial charge in [-0.15, -0.1) is 0 Å². The Balaban J connectivity index is 0.000000148. The number of nitrogens with zero attached hydrogens (tertiary/aromatic N) is 3. The van der Waals surface area contributed by atoms with Crippen molar-refractivity contribution in [2.45, 2.75) is 44.1 Å². The van der Waals surface area contributed by atoms with Crippen LogP contribution in [0.15, 0.2) is 0 Å². The molecular weight excluding hydrogens is 649 g/mol. The van der Waals surface area contributed by atoms with Crippen molar-refractivity contribution in [2.24, 2.45) is 5.92 Å². The molecule has 0 unspecified atom stereocenters. The van der Waals surface area contributed by atoms with Crippen molar-refractivity contribution in [3.05, 3.63) is 0 Å². The monoisotopic (exact) mass is 671 g/mol. The summed E-state index contributed by atoms with van der Waals surface area (Å²) < 4.78 is 3.60. The summed E-state index contributed by atoms with van der Waals surface area (Å²) in [5, 5.41) is 2.03. The van der Waals surface area contributed by atoms with E-state index in [1.54, 1.807) is 0 Å². The van der Waals surface area contributed by atoms with Gasteiger partial charge in [-0.05, 0) is 44.4 Å². The SMILES string of the molecule is CN1CN(C)[C](=[Pt])N1.IN(I)C12CCC(CC1)CC2. The second kappa shape index (κ2) is 7.42. The Kier molecular flexibility index (Phi) is 6.72. The maximum absolute atomic E-state index is 3.13. The molecule has 114 valence electrons. The second-order valence-electron chi connectivity index (χ2n) is 5.85. The molecule has 4 aliphatic rings. The fourth-order valence-electron chi connectivity index (χ4n) is 3.12. The van der Waals surface area contributed by atoms with Crippen molar-refractivity contribution < 1.29 is 19.4 Å². The molecule has 0 spiro atoms. The molecule has 1 aliphatic heterocycles. The van der Waals surface area contributed by atoms with Gasteiger partial charge in [-0.2, -0.15) is 1.33 Å². The minimum Gasteiger partial charge on any atom is -0.182 e. The zero-order valence-corrected chi connectivity index (χ0v) is 18.0. The molecule has 0 aromatic heterocycles. The standard InChI is InChI=1S/C8H13I2N.C4H9N3.Pt/c9-11(10)8-4-1-7(2-5-8)3-6-8;1-6-3-5-7(2)4-6;/h7H,1-6H2;5H,4H2,1-2H3;. The van der Waals surface area contributed by atoms with Crippen molar-refractivity contribution in [3.8, 4) is 0 Å². The van der Waals surface area contributed by atoms with Gasteiger partial charge in [-0.25, -0.2) is 0 Å². The number of nitrogens with one attached hydrogen (secondary N) is 1. The molecule has 4 rings (SSSR count). The van der Waals surface area contributed by atoms with Gasteiger partial charge in [-0.1, -0.05) is 0 Å². The summed E-state index contributed by atoms with van der Waals surface area (Å²) in [7, 11) is 4.07. The van der Waals surface area contributed by atoms with E-state index in [1.807, 2.05) is 12.1 Å². The summed E-state index contributed by atoms with van der Waals surface area (Å²) in [5.41, 5.74) is 3.72. The molecule has 1 N–H and O–H groups in total. The van der Waals surface area contributed by atoms with Crippen molar-refractivity contribution >= 4 is 49.9 Å². The van der Waals surface area contributed by atoms with Gasteiger partial charge in [0.05, 0.1) is 0 Å². The van der Waals surface area contributed by atoms with E-state index in [0.717, 1.165) is 12.6 Å². The topological polar surface area (TPSA) is 21.8 Å². The molecule has 3 aliphatic carbocycles. The number of hydrazine groups is 1. The summed E-state index contributed by atoms with van der Waals surface area (Å²) in [6.07, 6.45) is 8.81. The van der Waals surface area contributed by atoms with E-state index < -0.39 is 0 Å². The maximum atomic E-state index is 3.13. The predicted molar refractivity (Wildman–Crippen MR) is 92.3 cm³/mol. The van der Waals surface area contributed by atoms with Gasteiger partial charge < -0.3 is 0 Å². The minimum atomic E-state index is 0.593. The molecule has 4 nitrogen and oxygen atoms in total. The predicted octanol–water partition coefficient (Wildman–Crippen LogP) is 2.67. The Labute approximate surface area is 155 Å². The first-order chi connectivity index (χ1) is 8.93. The Hall–Kier alpha value is 1.86. The number of halogens is 2. The van der Waals surface area contributed by atoms with Gasteiger partial charge in [0.15, 0.2) is 0 Å². The molecular formula is C12H22I2N4Pt. The van der Waals surface area contributed by atoms with Crippen LogP contribution in [0.25, 0.3) is 0 Å². The zero-order valence-electron chi connectivity index (χ0n) is 11.4. The molecule has 4 fully saturated rings. The van der Waals surface area contributed by atoms with Crippen LogP contribution < -0.4 is 5.43 Å². The van der Waals surface area contributed by atoms with Crippen molar-refractivity contribution in [1.82, 2.24) is 16.7 Å². The van der Waals surface area contributed by atoms with E-state index in [-0.39, 0.29) is 0 Å². The minimum absolute atomic E-state index is 0.593. The van der Waals surface area contributed by atoms with E-state index in [2.05, 4.69) is 83.8 Å². The van der Waals surface area contributed by atoms with Crippen LogP contribution in [0.1, 0.15) is 38.5 Å². The van der Waals surface area contributed by atoms with Crippen LogP contribution >= 0.6 is 45.7 Å². The Morgan fingerprint density at radius 2 is 1.74 bits per heavy atom. The zero-order chi connectivity index (χ0) is 14.0. The molecule has 0 radical (unpaired) electrons. The van der Waals surface area contributed by atoms with E-state index in [0.29, 0.717) is 5.54 Å². The van der Waals surface area contributed by atoms with Crippen molar-refractivity contribution in [2.75, 3.05) is 20.8 Å². The molecule has 1 heterocycles. The normalized spacial score (nSPS) is 35.7. The van der Waals surface area contributed by atoms with Gasteiger partial charge in [0, 0.05) is 51.3 Å². The van der Waals surface area contributed by atoms with Gasteiger partial charge in [-0.3, -0.25) is 0 Å². The molecule has 3 saturated carbocycles. The molecule has 1 saturated heterocycles. The van der Waals surface area contributed by atoms with Crippen LogP contribution in [0.5, 0.6) is 0 Å². The molecule has 0 aromatic rings. The summed E-state index contributed by atoms with van der Waals surface area (Å²) in [6.45, 7) is 0.971. The number of hydrogen-bond donors (Lipinski definition) is 1. The summed E-state index contributed by atoms with van der Waals surface area (Å²) in [6, 6.07) is 0. The van der Waals surface area contributed by atoms with Crippen LogP contribution in [0.3, 0.4) is 0 Å². The third-order valence-electron chi connectivity index (χ3n) is 4.42. The van der Waals surface area contributed by atoms with Crippen molar-refractivity contribution in [1.29, 1.82) is 0 Å². The van der Waals surface area contributed by atoms with Crippen LogP contribution in [0, 0.1) is 5.92 Å². The van der Waals surface area contributed by atoms with Gasteiger partial charge in [0.2, 0.25) is 0 Å². The Morgan fingerprint density at radius 1 is 1.21 bits per heavy atom. The van der Waals surface area contributed by atoms with Crippen LogP contribution in [-0.4, -0.2) is 41.7 Å². The largest absolute Gasteiger partial charge is 0.182 e. The first-order valence-electron chi connectivity index (χ1n) is 6.73.